The zero-order valence-corrected chi connectivity index (χ0v) is 20.4. The van der Waals surface area contributed by atoms with Gasteiger partial charge in [0.2, 0.25) is 5.91 Å². The number of hydrogen-bond donors (Lipinski definition) is 1. The first-order chi connectivity index (χ1) is 16.5. The van der Waals surface area contributed by atoms with Crippen molar-refractivity contribution in [2.75, 3.05) is 19.5 Å². The fourth-order valence-corrected chi connectivity index (χ4v) is 5.04. The number of nitrogens with one attached hydrogen (secondary N) is 1. The number of nitrogens with zero attached hydrogens (tertiary/aromatic N) is 1. The molecule has 3 aromatic rings. The van der Waals surface area contributed by atoms with Crippen LogP contribution in [0, 0.1) is 5.92 Å². The Bertz CT molecular complexity index is 1170. The number of ether oxygens (including phenoxy) is 2. The van der Waals surface area contributed by atoms with Crippen molar-refractivity contribution < 1.29 is 19.1 Å². The van der Waals surface area contributed by atoms with Crippen LogP contribution in [0.1, 0.15) is 66.9 Å². The molecule has 1 aliphatic carbocycles. The summed E-state index contributed by atoms with van der Waals surface area (Å²) in [5.41, 5.74) is 4.58. The molecular formula is C28H34N2O4. The normalized spacial score (nSPS) is 13.9. The van der Waals surface area contributed by atoms with E-state index >= 15 is 0 Å². The number of anilines is 1. The Morgan fingerprint density at radius 2 is 1.85 bits per heavy atom. The third-order valence-corrected chi connectivity index (χ3v) is 6.75. The molecule has 0 radical (unpaired) electrons. The second-order valence-corrected chi connectivity index (χ2v) is 9.18. The minimum absolute atomic E-state index is 0.0980. The lowest BCUT2D eigenvalue weighted by Crippen LogP contribution is -2.15. The summed E-state index contributed by atoms with van der Waals surface area (Å²) in [5.74, 6) is 0.883. The number of fused-ring (bicyclic) bond motifs is 1. The van der Waals surface area contributed by atoms with E-state index in [1.807, 2.05) is 12.1 Å². The molecule has 1 heterocycles. The van der Waals surface area contributed by atoms with Gasteiger partial charge in [0.15, 0.2) is 0 Å². The van der Waals surface area contributed by atoms with E-state index in [4.69, 9.17) is 9.47 Å². The van der Waals surface area contributed by atoms with Gasteiger partial charge in [-0.3, -0.25) is 4.79 Å². The van der Waals surface area contributed by atoms with E-state index in [1.54, 1.807) is 19.2 Å². The Balaban J connectivity index is 1.62. The van der Waals surface area contributed by atoms with Crippen LogP contribution >= 0.6 is 0 Å². The molecule has 2 aromatic carbocycles. The van der Waals surface area contributed by atoms with Gasteiger partial charge in [-0.15, -0.1) is 0 Å². The molecular weight excluding hydrogens is 428 g/mol. The van der Waals surface area contributed by atoms with Gasteiger partial charge in [0.05, 0.1) is 19.8 Å². The van der Waals surface area contributed by atoms with Gasteiger partial charge in [-0.25, -0.2) is 4.79 Å². The average Bonchev–Trinajstić information content (AvgIpc) is 3.47. The van der Waals surface area contributed by atoms with Crippen molar-refractivity contribution in [1.29, 1.82) is 0 Å². The Morgan fingerprint density at radius 3 is 2.56 bits per heavy atom. The molecule has 1 aromatic heterocycles. The molecule has 34 heavy (non-hydrogen) atoms. The highest BCUT2D eigenvalue weighted by Gasteiger charge is 2.19. The summed E-state index contributed by atoms with van der Waals surface area (Å²) in [4.78, 5) is 24.5. The number of hydrogen-bond acceptors (Lipinski definition) is 4. The molecule has 1 amide bonds. The monoisotopic (exact) mass is 462 g/mol. The SMILES string of the molecule is CCCn1cc(Cc2ccc(C(=O)OC)cc2OC)c2cc(NC(=O)CC3CCCC3)ccc21. The molecule has 0 unspecified atom stereocenters. The van der Waals surface area contributed by atoms with Crippen molar-refractivity contribution in [2.45, 2.75) is 58.4 Å². The van der Waals surface area contributed by atoms with Crippen molar-refractivity contribution >= 4 is 28.5 Å². The maximum Gasteiger partial charge on any atom is 0.337 e. The molecule has 0 saturated heterocycles. The van der Waals surface area contributed by atoms with Crippen LogP contribution < -0.4 is 10.1 Å². The largest absolute Gasteiger partial charge is 0.496 e. The van der Waals surface area contributed by atoms with Gasteiger partial charge in [-0.1, -0.05) is 25.8 Å². The van der Waals surface area contributed by atoms with E-state index in [1.165, 1.54) is 20.0 Å². The fourth-order valence-electron chi connectivity index (χ4n) is 5.04. The highest BCUT2D eigenvalue weighted by atomic mass is 16.5. The quantitative estimate of drug-likeness (QED) is 0.399. The van der Waals surface area contributed by atoms with E-state index < -0.39 is 0 Å². The Labute approximate surface area is 201 Å². The number of amides is 1. The lowest BCUT2D eigenvalue weighted by Gasteiger charge is -2.11. The first kappa shape index (κ1) is 23.9. The summed E-state index contributed by atoms with van der Waals surface area (Å²) >= 11 is 0. The summed E-state index contributed by atoms with van der Waals surface area (Å²) in [6, 6.07) is 11.6. The summed E-state index contributed by atoms with van der Waals surface area (Å²) in [7, 11) is 2.98. The number of carbonyl (C=O) groups is 2. The highest BCUT2D eigenvalue weighted by Crippen LogP contribution is 2.31. The number of benzene rings is 2. The molecule has 0 bridgehead atoms. The smallest absolute Gasteiger partial charge is 0.337 e. The van der Waals surface area contributed by atoms with Gasteiger partial charge in [-0.05, 0) is 66.6 Å². The second kappa shape index (κ2) is 10.8. The number of methoxy groups -OCH3 is 2. The fraction of sp³-hybridized carbons (Fsp3) is 0.429. The maximum absolute atomic E-state index is 12.6. The summed E-state index contributed by atoms with van der Waals surface area (Å²) in [5, 5.41) is 4.23. The van der Waals surface area contributed by atoms with Crippen LogP contribution in [-0.2, 0) is 22.5 Å². The highest BCUT2D eigenvalue weighted by molar-refractivity contribution is 5.95. The number of carbonyl (C=O) groups excluding carboxylic acids is 2. The predicted octanol–water partition coefficient (Wildman–Crippen LogP) is 5.96. The molecule has 1 saturated carbocycles. The molecule has 1 aliphatic rings. The van der Waals surface area contributed by atoms with Crippen molar-refractivity contribution in [2.24, 2.45) is 5.92 Å². The third kappa shape index (κ3) is 5.27. The molecule has 1 fully saturated rings. The lowest BCUT2D eigenvalue weighted by molar-refractivity contribution is -0.117. The number of aromatic nitrogens is 1. The first-order valence-electron chi connectivity index (χ1n) is 12.2. The van der Waals surface area contributed by atoms with Gasteiger partial charge in [-0.2, -0.15) is 0 Å². The average molecular weight is 463 g/mol. The van der Waals surface area contributed by atoms with Crippen LogP contribution in [-0.4, -0.2) is 30.7 Å². The Morgan fingerprint density at radius 1 is 1.06 bits per heavy atom. The van der Waals surface area contributed by atoms with Gasteiger partial charge in [0, 0.05) is 42.2 Å². The molecule has 6 nitrogen and oxygen atoms in total. The Kier molecular flexibility index (Phi) is 7.56. The van der Waals surface area contributed by atoms with Crippen molar-refractivity contribution in [3.05, 3.63) is 59.3 Å². The lowest BCUT2D eigenvalue weighted by atomic mass is 10.0. The summed E-state index contributed by atoms with van der Waals surface area (Å²) in [6.45, 7) is 3.08. The predicted molar refractivity (Wildman–Crippen MR) is 135 cm³/mol. The Hall–Kier alpha value is -3.28. The van der Waals surface area contributed by atoms with E-state index in [2.05, 4.69) is 35.1 Å². The van der Waals surface area contributed by atoms with Crippen LogP contribution in [0.3, 0.4) is 0 Å². The van der Waals surface area contributed by atoms with E-state index in [0.717, 1.165) is 53.5 Å². The van der Waals surface area contributed by atoms with Crippen LogP contribution in [0.25, 0.3) is 10.9 Å². The zero-order valence-electron chi connectivity index (χ0n) is 20.4. The van der Waals surface area contributed by atoms with Crippen molar-refractivity contribution in [3.8, 4) is 5.75 Å². The van der Waals surface area contributed by atoms with Gasteiger partial charge >= 0.3 is 5.97 Å². The minimum atomic E-state index is -0.387. The van der Waals surface area contributed by atoms with Crippen molar-refractivity contribution in [3.63, 3.8) is 0 Å². The molecule has 4 rings (SSSR count). The van der Waals surface area contributed by atoms with Gasteiger partial charge < -0.3 is 19.4 Å². The third-order valence-electron chi connectivity index (χ3n) is 6.75. The summed E-state index contributed by atoms with van der Waals surface area (Å²) < 4.78 is 12.7. The van der Waals surface area contributed by atoms with Gasteiger partial charge in [0.25, 0.3) is 0 Å². The molecule has 6 heteroatoms. The molecule has 180 valence electrons. The minimum Gasteiger partial charge on any atom is -0.496 e. The van der Waals surface area contributed by atoms with Crippen molar-refractivity contribution in [1.82, 2.24) is 4.57 Å². The molecule has 1 N–H and O–H groups in total. The summed E-state index contributed by atoms with van der Waals surface area (Å²) in [6.07, 6.45) is 9.26. The first-order valence-corrected chi connectivity index (χ1v) is 12.2. The number of aryl methyl sites for hydroxylation is 1. The van der Waals surface area contributed by atoms with Crippen LogP contribution in [0.15, 0.2) is 42.6 Å². The topological polar surface area (TPSA) is 69.6 Å². The van der Waals surface area contributed by atoms with Crippen LogP contribution in [0.5, 0.6) is 5.75 Å². The molecule has 0 aliphatic heterocycles. The van der Waals surface area contributed by atoms with Crippen LogP contribution in [0.4, 0.5) is 5.69 Å². The van der Waals surface area contributed by atoms with Crippen LogP contribution in [0.2, 0.25) is 0 Å². The van der Waals surface area contributed by atoms with E-state index in [9.17, 15) is 9.59 Å². The molecule has 0 atom stereocenters. The van der Waals surface area contributed by atoms with Gasteiger partial charge in [0.1, 0.15) is 5.75 Å². The maximum atomic E-state index is 12.6. The standard InChI is InChI=1S/C28H34N2O4/c1-4-13-30-18-22(15-20-9-10-21(28(32)34-3)16-26(20)33-2)24-17-23(11-12-25(24)30)29-27(31)14-19-7-5-6-8-19/h9-12,16-19H,4-8,13-15H2,1-3H3,(H,29,31). The van der Waals surface area contributed by atoms with E-state index in [0.29, 0.717) is 30.1 Å². The number of rotatable bonds is 9. The zero-order chi connectivity index (χ0) is 24.1. The second-order valence-electron chi connectivity index (χ2n) is 9.18. The molecule has 0 spiro atoms. The number of esters is 1. The van der Waals surface area contributed by atoms with E-state index in [-0.39, 0.29) is 11.9 Å².